The average molecular weight is 243 g/mol. The van der Waals surface area contributed by atoms with Gasteiger partial charge in [-0.3, -0.25) is 0 Å². The van der Waals surface area contributed by atoms with Crippen molar-refractivity contribution in [3.63, 3.8) is 0 Å². The molecule has 1 aromatic heterocycles. The monoisotopic (exact) mass is 243 g/mol. The molecule has 1 atom stereocenters. The van der Waals surface area contributed by atoms with Gasteiger partial charge in [-0.2, -0.15) is 5.10 Å². The summed E-state index contributed by atoms with van der Waals surface area (Å²) in [4.78, 5) is 0. The minimum absolute atomic E-state index is 0.374. The van der Waals surface area contributed by atoms with Gasteiger partial charge >= 0.3 is 0 Å². The number of para-hydroxylation sites is 1. The third-order valence-corrected chi connectivity index (χ3v) is 3.52. The van der Waals surface area contributed by atoms with Gasteiger partial charge < -0.3 is 10.8 Å². The van der Waals surface area contributed by atoms with Crippen LogP contribution in [0.4, 0.5) is 0 Å². The lowest BCUT2D eigenvalue weighted by atomic mass is 9.93. The van der Waals surface area contributed by atoms with E-state index in [0.717, 1.165) is 41.9 Å². The maximum atomic E-state index is 10.1. The van der Waals surface area contributed by atoms with Crippen LogP contribution in [0.2, 0.25) is 0 Å². The van der Waals surface area contributed by atoms with Gasteiger partial charge in [0.05, 0.1) is 23.2 Å². The van der Waals surface area contributed by atoms with Crippen molar-refractivity contribution in [2.75, 3.05) is 0 Å². The van der Waals surface area contributed by atoms with E-state index in [4.69, 9.17) is 5.73 Å². The lowest BCUT2D eigenvalue weighted by molar-refractivity contribution is 0.155. The molecule has 0 spiro atoms. The van der Waals surface area contributed by atoms with Crippen LogP contribution in [0.3, 0.4) is 0 Å². The molecule has 3 N–H and O–H groups in total. The molecule has 18 heavy (non-hydrogen) atoms. The molecular weight excluding hydrogens is 226 g/mol. The van der Waals surface area contributed by atoms with Crippen molar-refractivity contribution in [1.29, 1.82) is 0 Å². The number of hydrogen-bond acceptors (Lipinski definition) is 3. The van der Waals surface area contributed by atoms with Gasteiger partial charge in [0.2, 0.25) is 0 Å². The highest BCUT2D eigenvalue weighted by Crippen LogP contribution is 2.33. The third kappa shape index (κ3) is 1.74. The molecular formula is C14H17N3O. The highest BCUT2D eigenvalue weighted by atomic mass is 16.3. The van der Waals surface area contributed by atoms with Crippen LogP contribution >= 0.6 is 0 Å². The fourth-order valence-electron chi connectivity index (χ4n) is 2.68. The Bertz CT molecular complexity index is 548. The first kappa shape index (κ1) is 11.4. The number of aromatic nitrogens is 2. The molecule has 0 bridgehead atoms. The van der Waals surface area contributed by atoms with Crippen molar-refractivity contribution in [2.24, 2.45) is 5.73 Å². The summed E-state index contributed by atoms with van der Waals surface area (Å²) in [6.07, 6.45) is 2.34. The summed E-state index contributed by atoms with van der Waals surface area (Å²) < 4.78 is 1.93. The summed E-state index contributed by atoms with van der Waals surface area (Å²) in [6.45, 7) is 0.374. The molecule has 4 heteroatoms. The lowest BCUT2D eigenvalue weighted by Gasteiger charge is -2.19. The Balaban J connectivity index is 2.17. The van der Waals surface area contributed by atoms with E-state index < -0.39 is 6.10 Å². The smallest absolute Gasteiger partial charge is 0.0826 e. The Morgan fingerprint density at radius 1 is 1.33 bits per heavy atom. The van der Waals surface area contributed by atoms with Crippen LogP contribution in [-0.2, 0) is 13.0 Å². The van der Waals surface area contributed by atoms with E-state index in [2.05, 4.69) is 5.10 Å². The molecule has 2 aromatic rings. The zero-order valence-corrected chi connectivity index (χ0v) is 10.2. The predicted octanol–water partition coefficient (Wildman–Crippen LogP) is 1.70. The molecule has 1 aliphatic carbocycles. The maximum absolute atomic E-state index is 10.1. The first-order chi connectivity index (χ1) is 8.81. The largest absolute Gasteiger partial charge is 0.388 e. The van der Waals surface area contributed by atoms with Crippen molar-refractivity contribution in [2.45, 2.75) is 31.9 Å². The number of aliphatic hydroxyl groups is 1. The van der Waals surface area contributed by atoms with Crippen molar-refractivity contribution in [3.05, 3.63) is 47.3 Å². The Morgan fingerprint density at radius 2 is 2.11 bits per heavy atom. The van der Waals surface area contributed by atoms with Gasteiger partial charge in [0.1, 0.15) is 0 Å². The summed E-state index contributed by atoms with van der Waals surface area (Å²) in [5, 5.41) is 14.7. The number of benzene rings is 1. The van der Waals surface area contributed by atoms with Crippen LogP contribution in [0.15, 0.2) is 30.3 Å². The van der Waals surface area contributed by atoms with E-state index in [1.54, 1.807) is 0 Å². The van der Waals surface area contributed by atoms with Gasteiger partial charge in [-0.25, -0.2) is 4.68 Å². The molecule has 94 valence electrons. The van der Waals surface area contributed by atoms with E-state index in [0.29, 0.717) is 6.54 Å². The summed E-state index contributed by atoms with van der Waals surface area (Å²) in [6, 6.07) is 10.0. The number of fused-ring (bicyclic) bond motifs is 1. The van der Waals surface area contributed by atoms with E-state index in [1.807, 2.05) is 35.0 Å². The molecule has 1 aliphatic rings. The Kier molecular flexibility index (Phi) is 2.89. The summed E-state index contributed by atoms with van der Waals surface area (Å²) >= 11 is 0. The van der Waals surface area contributed by atoms with Gasteiger partial charge in [0.15, 0.2) is 0 Å². The molecule has 0 radical (unpaired) electrons. The lowest BCUT2D eigenvalue weighted by Crippen LogP contribution is -2.12. The van der Waals surface area contributed by atoms with E-state index >= 15 is 0 Å². The first-order valence-electron chi connectivity index (χ1n) is 6.35. The summed E-state index contributed by atoms with van der Waals surface area (Å²) in [5.41, 5.74) is 9.65. The van der Waals surface area contributed by atoms with E-state index in [9.17, 15) is 5.11 Å². The SMILES string of the molecule is NCc1nn(-c2ccccc2)c2c1C(O)CCC2. The Labute approximate surface area is 106 Å². The number of hydrogen-bond donors (Lipinski definition) is 2. The highest BCUT2D eigenvalue weighted by molar-refractivity contribution is 5.39. The van der Waals surface area contributed by atoms with Crippen molar-refractivity contribution in [1.82, 2.24) is 9.78 Å². The molecule has 0 saturated heterocycles. The summed E-state index contributed by atoms with van der Waals surface area (Å²) in [7, 11) is 0. The van der Waals surface area contributed by atoms with Crippen LogP contribution in [0.25, 0.3) is 5.69 Å². The molecule has 0 saturated carbocycles. The standard InChI is InChI=1S/C14H17N3O/c15-9-11-14-12(7-4-8-13(14)18)17(16-11)10-5-2-1-3-6-10/h1-3,5-6,13,18H,4,7-9,15H2. The van der Waals surface area contributed by atoms with Crippen LogP contribution in [0.1, 0.15) is 35.9 Å². The predicted molar refractivity (Wildman–Crippen MR) is 69.4 cm³/mol. The fourth-order valence-corrected chi connectivity index (χ4v) is 2.68. The van der Waals surface area contributed by atoms with Gasteiger partial charge in [-0.1, -0.05) is 18.2 Å². The molecule has 0 amide bonds. The number of nitrogens with zero attached hydrogens (tertiary/aromatic N) is 2. The molecule has 1 unspecified atom stereocenters. The molecule has 3 rings (SSSR count). The summed E-state index contributed by atoms with van der Waals surface area (Å²) in [5.74, 6) is 0. The van der Waals surface area contributed by atoms with Gasteiger partial charge in [0, 0.05) is 12.1 Å². The molecule has 1 aromatic carbocycles. The Hall–Kier alpha value is -1.65. The topological polar surface area (TPSA) is 64.1 Å². The van der Waals surface area contributed by atoms with Crippen LogP contribution in [-0.4, -0.2) is 14.9 Å². The maximum Gasteiger partial charge on any atom is 0.0826 e. The van der Waals surface area contributed by atoms with E-state index in [-0.39, 0.29) is 0 Å². The minimum Gasteiger partial charge on any atom is -0.388 e. The number of nitrogens with two attached hydrogens (primary N) is 1. The second-order valence-electron chi connectivity index (χ2n) is 4.67. The molecule has 1 heterocycles. The highest BCUT2D eigenvalue weighted by Gasteiger charge is 2.26. The average Bonchev–Trinajstić information content (AvgIpc) is 2.80. The van der Waals surface area contributed by atoms with Crippen molar-refractivity contribution >= 4 is 0 Å². The zero-order chi connectivity index (χ0) is 12.5. The van der Waals surface area contributed by atoms with Crippen LogP contribution < -0.4 is 5.73 Å². The van der Waals surface area contributed by atoms with Gasteiger partial charge in [0.25, 0.3) is 0 Å². The van der Waals surface area contributed by atoms with E-state index in [1.165, 1.54) is 0 Å². The van der Waals surface area contributed by atoms with Gasteiger partial charge in [-0.15, -0.1) is 0 Å². The van der Waals surface area contributed by atoms with Crippen LogP contribution in [0.5, 0.6) is 0 Å². The third-order valence-electron chi connectivity index (χ3n) is 3.52. The quantitative estimate of drug-likeness (QED) is 0.843. The number of aliphatic hydroxyl groups excluding tert-OH is 1. The Morgan fingerprint density at radius 3 is 2.83 bits per heavy atom. The minimum atomic E-state index is -0.412. The zero-order valence-electron chi connectivity index (χ0n) is 10.2. The molecule has 4 nitrogen and oxygen atoms in total. The number of rotatable bonds is 2. The van der Waals surface area contributed by atoms with Crippen molar-refractivity contribution in [3.8, 4) is 5.69 Å². The first-order valence-corrected chi connectivity index (χ1v) is 6.35. The second kappa shape index (κ2) is 4.55. The second-order valence-corrected chi connectivity index (χ2v) is 4.67. The normalized spacial score (nSPS) is 18.7. The van der Waals surface area contributed by atoms with Gasteiger partial charge in [-0.05, 0) is 31.4 Å². The fraction of sp³-hybridized carbons (Fsp3) is 0.357. The van der Waals surface area contributed by atoms with Crippen molar-refractivity contribution < 1.29 is 5.11 Å². The molecule has 0 aliphatic heterocycles. The molecule has 0 fully saturated rings. The van der Waals surface area contributed by atoms with Crippen LogP contribution in [0, 0.1) is 0 Å².